The number of guanidine groups is 1. The lowest BCUT2D eigenvalue weighted by molar-refractivity contribution is -0.149. The number of aliphatic imine (C=N–C) groups is 1. The normalized spacial score (nSPS) is 19.6. The molecule has 3 heterocycles. The van der Waals surface area contributed by atoms with Gasteiger partial charge in [0.1, 0.15) is 5.76 Å². The van der Waals surface area contributed by atoms with Crippen molar-refractivity contribution in [2.24, 2.45) is 16.8 Å². The molecule has 174 valence electrons. The van der Waals surface area contributed by atoms with Crippen molar-refractivity contribution < 1.29 is 13.9 Å². The molecule has 1 aromatic rings. The predicted octanol–water partition coefficient (Wildman–Crippen LogP) is 2.74. The topological polar surface area (TPSA) is 83.2 Å². The van der Waals surface area contributed by atoms with Crippen LogP contribution in [0.25, 0.3) is 0 Å². The monoisotopic (exact) mass is 433 g/mol. The van der Waals surface area contributed by atoms with Gasteiger partial charge in [-0.25, -0.2) is 4.98 Å². The van der Waals surface area contributed by atoms with Crippen LogP contribution in [0.3, 0.4) is 0 Å². The molecule has 2 fully saturated rings. The van der Waals surface area contributed by atoms with E-state index in [1.807, 2.05) is 20.8 Å². The van der Waals surface area contributed by atoms with E-state index < -0.39 is 0 Å². The highest BCUT2D eigenvalue weighted by atomic mass is 16.5. The number of rotatable bonds is 7. The molecule has 8 nitrogen and oxygen atoms in total. The van der Waals surface area contributed by atoms with E-state index in [1.165, 1.54) is 0 Å². The van der Waals surface area contributed by atoms with Gasteiger partial charge in [-0.2, -0.15) is 0 Å². The molecule has 3 rings (SSSR count). The Balaban J connectivity index is 1.45. The van der Waals surface area contributed by atoms with Gasteiger partial charge in [0, 0.05) is 26.2 Å². The molecule has 2 aliphatic heterocycles. The average Bonchev–Trinajstić information content (AvgIpc) is 3.09. The molecule has 0 saturated carbocycles. The van der Waals surface area contributed by atoms with Gasteiger partial charge < -0.3 is 19.4 Å². The molecule has 0 unspecified atom stereocenters. The second kappa shape index (κ2) is 11.5. The number of nitrogens with zero attached hydrogens (tertiary/aromatic N) is 4. The van der Waals surface area contributed by atoms with Gasteiger partial charge in [-0.3, -0.25) is 14.7 Å². The maximum absolute atomic E-state index is 12.0. The van der Waals surface area contributed by atoms with E-state index in [9.17, 15) is 4.79 Å². The fourth-order valence-electron chi connectivity index (χ4n) is 4.35. The highest BCUT2D eigenvalue weighted by Crippen LogP contribution is 2.21. The first-order valence-corrected chi connectivity index (χ1v) is 11.8. The molecule has 0 radical (unpaired) electrons. The predicted molar refractivity (Wildman–Crippen MR) is 121 cm³/mol. The summed E-state index contributed by atoms with van der Waals surface area (Å²) < 4.78 is 10.9. The van der Waals surface area contributed by atoms with Crippen LogP contribution in [0.1, 0.15) is 56.9 Å². The second-order valence-electron chi connectivity index (χ2n) is 8.68. The molecule has 31 heavy (non-hydrogen) atoms. The molecule has 2 saturated heterocycles. The number of aryl methyl sites for hydroxylation is 2. The summed E-state index contributed by atoms with van der Waals surface area (Å²) in [7, 11) is 0. The van der Waals surface area contributed by atoms with Gasteiger partial charge in [0.05, 0.1) is 24.8 Å². The molecule has 1 aromatic heterocycles. The summed E-state index contributed by atoms with van der Waals surface area (Å²) in [6.45, 7) is 14.7. The van der Waals surface area contributed by atoms with E-state index in [4.69, 9.17) is 14.1 Å². The summed E-state index contributed by atoms with van der Waals surface area (Å²) in [6.07, 6.45) is 3.96. The number of carbonyl (C=O) groups excluding carboxylic acids is 1. The summed E-state index contributed by atoms with van der Waals surface area (Å²) in [4.78, 5) is 26.2. The number of oxazole rings is 1. The molecule has 0 amide bonds. The third-order valence-electron chi connectivity index (χ3n) is 6.39. The number of carbonyl (C=O) groups is 1. The average molecular weight is 434 g/mol. The van der Waals surface area contributed by atoms with Gasteiger partial charge in [-0.15, -0.1) is 0 Å². The zero-order chi connectivity index (χ0) is 22.2. The van der Waals surface area contributed by atoms with Crippen LogP contribution in [0.2, 0.25) is 0 Å². The first-order valence-electron chi connectivity index (χ1n) is 11.8. The molecular formula is C23H39N5O3. The van der Waals surface area contributed by atoms with Crippen LogP contribution in [0.5, 0.6) is 0 Å². The van der Waals surface area contributed by atoms with Crippen molar-refractivity contribution in [3.8, 4) is 0 Å². The third kappa shape index (κ3) is 6.69. The van der Waals surface area contributed by atoms with Gasteiger partial charge in [-0.05, 0) is 72.4 Å². The largest absolute Gasteiger partial charge is 0.466 e. The van der Waals surface area contributed by atoms with Crippen LogP contribution < -0.4 is 5.32 Å². The van der Waals surface area contributed by atoms with Gasteiger partial charge in [0.15, 0.2) is 5.96 Å². The lowest BCUT2D eigenvalue weighted by Crippen LogP contribution is -2.47. The first-order chi connectivity index (χ1) is 15.0. The second-order valence-corrected chi connectivity index (χ2v) is 8.68. The standard InChI is InChI=1S/C23H39N5O3/c1-5-24-23(28-13-9-20(10-14-28)22(29)30-6-2)25-15-19-7-11-27(12-8-19)16-21-26-17(3)18(4)31-21/h19-20H,5-16H2,1-4H3,(H,24,25). The van der Waals surface area contributed by atoms with Crippen LogP contribution in [0, 0.1) is 25.7 Å². The summed E-state index contributed by atoms with van der Waals surface area (Å²) >= 11 is 0. The number of hydrogen-bond acceptors (Lipinski definition) is 6. The molecule has 0 atom stereocenters. The summed E-state index contributed by atoms with van der Waals surface area (Å²) in [5.41, 5.74) is 0.987. The smallest absolute Gasteiger partial charge is 0.309 e. The number of ether oxygens (including phenoxy) is 1. The number of piperidine rings is 2. The van der Waals surface area contributed by atoms with Crippen LogP contribution in [0.4, 0.5) is 0 Å². The Morgan fingerprint density at radius 1 is 1.16 bits per heavy atom. The maximum Gasteiger partial charge on any atom is 0.309 e. The number of likely N-dealkylation sites (tertiary alicyclic amines) is 2. The highest BCUT2D eigenvalue weighted by Gasteiger charge is 2.28. The number of nitrogens with one attached hydrogen (secondary N) is 1. The van der Waals surface area contributed by atoms with Gasteiger partial charge in [0.2, 0.25) is 5.89 Å². The summed E-state index contributed by atoms with van der Waals surface area (Å²) in [5, 5.41) is 3.44. The number of aromatic nitrogens is 1. The Kier molecular flexibility index (Phi) is 8.75. The molecule has 8 heteroatoms. The number of esters is 1. The van der Waals surface area contributed by atoms with Gasteiger partial charge in [0.25, 0.3) is 0 Å². The van der Waals surface area contributed by atoms with E-state index in [0.717, 1.165) is 94.8 Å². The van der Waals surface area contributed by atoms with Gasteiger partial charge in [-0.1, -0.05) is 0 Å². The Morgan fingerprint density at radius 2 is 1.87 bits per heavy atom. The minimum absolute atomic E-state index is 0.0274. The molecular weight excluding hydrogens is 394 g/mol. The van der Waals surface area contributed by atoms with Crippen molar-refractivity contribution in [3.05, 3.63) is 17.3 Å². The van der Waals surface area contributed by atoms with Crippen molar-refractivity contribution in [2.75, 3.05) is 45.9 Å². The Labute approximate surface area is 186 Å². The zero-order valence-corrected chi connectivity index (χ0v) is 19.7. The first kappa shape index (κ1) is 23.6. The molecule has 0 spiro atoms. The van der Waals surface area contributed by atoms with Crippen molar-refractivity contribution in [1.82, 2.24) is 20.1 Å². The summed E-state index contributed by atoms with van der Waals surface area (Å²) in [5.74, 6) is 3.31. The SMILES string of the molecule is CCNC(=NCC1CCN(Cc2nc(C)c(C)o2)CC1)N1CCC(C(=O)OCC)CC1. The fraction of sp³-hybridized carbons (Fsp3) is 0.783. The van der Waals surface area contributed by atoms with Crippen LogP contribution in [0.15, 0.2) is 9.41 Å². The molecule has 0 bridgehead atoms. The Hall–Kier alpha value is -2.09. The highest BCUT2D eigenvalue weighted by molar-refractivity contribution is 5.80. The van der Waals surface area contributed by atoms with Crippen molar-refractivity contribution in [1.29, 1.82) is 0 Å². The Morgan fingerprint density at radius 3 is 2.45 bits per heavy atom. The quantitative estimate of drug-likeness (QED) is 0.402. The van der Waals surface area contributed by atoms with Crippen LogP contribution in [-0.2, 0) is 16.1 Å². The minimum atomic E-state index is -0.0501. The maximum atomic E-state index is 12.0. The molecule has 2 aliphatic rings. The van der Waals surface area contributed by atoms with Crippen molar-refractivity contribution in [3.63, 3.8) is 0 Å². The zero-order valence-electron chi connectivity index (χ0n) is 19.7. The fourth-order valence-corrected chi connectivity index (χ4v) is 4.35. The van der Waals surface area contributed by atoms with Crippen molar-refractivity contribution >= 4 is 11.9 Å². The lowest BCUT2D eigenvalue weighted by atomic mass is 9.96. The Bertz CT molecular complexity index is 712. The van der Waals surface area contributed by atoms with E-state index in [-0.39, 0.29) is 11.9 Å². The van der Waals surface area contributed by atoms with E-state index in [2.05, 4.69) is 27.0 Å². The van der Waals surface area contributed by atoms with E-state index in [0.29, 0.717) is 12.5 Å². The number of hydrogen-bond donors (Lipinski definition) is 1. The van der Waals surface area contributed by atoms with E-state index >= 15 is 0 Å². The van der Waals surface area contributed by atoms with Gasteiger partial charge >= 0.3 is 5.97 Å². The van der Waals surface area contributed by atoms with Crippen LogP contribution >= 0.6 is 0 Å². The molecule has 0 aliphatic carbocycles. The van der Waals surface area contributed by atoms with E-state index in [1.54, 1.807) is 0 Å². The molecule has 0 aromatic carbocycles. The molecule has 1 N–H and O–H groups in total. The third-order valence-corrected chi connectivity index (χ3v) is 6.39. The van der Waals surface area contributed by atoms with Crippen molar-refractivity contribution in [2.45, 2.75) is 59.9 Å². The minimum Gasteiger partial charge on any atom is -0.466 e. The lowest BCUT2D eigenvalue weighted by Gasteiger charge is -2.34. The summed E-state index contributed by atoms with van der Waals surface area (Å²) in [6, 6.07) is 0. The van der Waals surface area contributed by atoms with Crippen LogP contribution in [-0.4, -0.2) is 72.6 Å².